The van der Waals surface area contributed by atoms with Gasteiger partial charge in [0.15, 0.2) is 0 Å². The van der Waals surface area contributed by atoms with Gasteiger partial charge in [-0.05, 0) is 58.7 Å². The van der Waals surface area contributed by atoms with Crippen LogP contribution in [0.5, 0.6) is 0 Å². The molecule has 1 N–H and O–H groups in total. The molecule has 1 heterocycles. The minimum absolute atomic E-state index is 0.719. The maximum absolute atomic E-state index is 6.05. The van der Waals surface area contributed by atoms with Crippen LogP contribution in [0.15, 0.2) is 53.0 Å². The predicted octanol–water partition coefficient (Wildman–Crippen LogP) is 5.57. The van der Waals surface area contributed by atoms with E-state index < -0.39 is 0 Å². The fourth-order valence-corrected chi connectivity index (χ4v) is 2.92. The lowest BCUT2D eigenvalue weighted by molar-refractivity contribution is 1.13. The molecule has 0 aliphatic carbocycles. The summed E-state index contributed by atoms with van der Waals surface area (Å²) in [7, 11) is 0. The lowest BCUT2D eigenvalue weighted by Crippen LogP contribution is -2.02. The van der Waals surface area contributed by atoms with E-state index in [0.29, 0.717) is 0 Å². The predicted molar refractivity (Wildman–Crippen MR) is 93.0 cm³/mol. The molecule has 0 bridgehead atoms. The van der Waals surface area contributed by atoms with Gasteiger partial charge in [-0.1, -0.05) is 29.8 Å². The number of fused-ring (bicyclic) bond motifs is 1. The Kier molecular flexibility index (Phi) is 4.13. The number of nitrogens with one attached hydrogen (secondary N) is 1. The van der Waals surface area contributed by atoms with Crippen molar-refractivity contribution in [3.8, 4) is 0 Å². The van der Waals surface area contributed by atoms with E-state index in [0.717, 1.165) is 32.9 Å². The molecular formula is C17H14BrClN2. The van der Waals surface area contributed by atoms with E-state index >= 15 is 0 Å². The zero-order valence-corrected chi connectivity index (χ0v) is 13.9. The number of anilines is 1. The molecule has 0 fully saturated rings. The average Bonchev–Trinajstić information content (AvgIpc) is 2.47. The number of aryl methyl sites for hydroxylation is 1. The van der Waals surface area contributed by atoms with Crippen molar-refractivity contribution >= 4 is 44.1 Å². The molecule has 0 radical (unpaired) electrons. The number of nitrogens with zero attached hydrogens (tertiary/aromatic N) is 1. The van der Waals surface area contributed by atoms with Crippen LogP contribution in [-0.4, -0.2) is 4.98 Å². The Bertz CT molecular complexity index is 802. The largest absolute Gasteiger partial charge is 0.380 e. The van der Waals surface area contributed by atoms with Crippen LogP contribution in [0.2, 0.25) is 5.02 Å². The molecule has 0 aliphatic rings. The molecule has 3 rings (SSSR count). The molecule has 0 saturated heterocycles. The van der Waals surface area contributed by atoms with Crippen molar-refractivity contribution < 1.29 is 0 Å². The standard InChI is InChI=1S/C17H14BrClN2/c1-11-8-12(14-4-2-3-5-16(14)21-11)10-20-17-9-13(19)6-7-15(17)18/h2-9,20H,10H2,1H3. The normalized spacial score (nSPS) is 10.8. The topological polar surface area (TPSA) is 24.9 Å². The summed E-state index contributed by atoms with van der Waals surface area (Å²) < 4.78 is 1.00. The lowest BCUT2D eigenvalue weighted by Gasteiger charge is -2.12. The van der Waals surface area contributed by atoms with Crippen LogP contribution < -0.4 is 5.32 Å². The third kappa shape index (κ3) is 3.20. The molecule has 0 amide bonds. The highest BCUT2D eigenvalue weighted by molar-refractivity contribution is 9.10. The summed E-state index contributed by atoms with van der Waals surface area (Å²) in [6, 6.07) is 16.0. The van der Waals surface area contributed by atoms with Crippen LogP contribution in [0.3, 0.4) is 0 Å². The molecule has 0 atom stereocenters. The van der Waals surface area contributed by atoms with Crippen LogP contribution in [0, 0.1) is 6.92 Å². The van der Waals surface area contributed by atoms with E-state index in [-0.39, 0.29) is 0 Å². The van der Waals surface area contributed by atoms with E-state index in [1.807, 2.05) is 43.3 Å². The Morgan fingerprint density at radius 3 is 2.81 bits per heavy atom. The second kappa shape index (κ2) is 6.04. The molecule has 2 nitrogen and oxygen atoms in total. The first-order valence-electron chi connectivity index (χ1n) is 6.68. The van der Waals surface area contributed by atoms with Crippen molar-refractivity contribution in [2.24, 2.45) is 0 Å². The zero-order chi connectivity index (χ0) is 14.8. The number of halogens is 2. The van der Waals surface area contributed by atoms with Gasteiger partial charge >= 0.3 is 0 Å². The smallest absolute Gasteiger partial charge is 0.0708 e. The summed E-state index contributed by atoms with van der Waals surface area (Å²) in [4.78, 5) is 4.56. The highest BCUT2D eigenvalue weighted by Gasteiger charge is 2.05. The third-order valence-corrected chi connectivity index (χ3v) is 4.25. The highest BCUT2D eigenvalue weighted by atomic mass is 79.9. The fraction of sp³-hybridized carbons (Fsp3) is 0.118. The van der Waals surface area contributed by atoms with Crippen LogP contribution in [0.1, 0.15) is 11.3 Å². The van der Waals surface area contributed by atoms with Crippen LogP contribution in [-0.2, 0) is 6.54 Å². The number of aromatic nitrogens is 1. The van der Waals surface area contributed by atoms with Gasteiger partial charge in [0.1, 0.15) is 0 Å². The van der Waals surface area contributed by atoms with Crippen molar-refractivity contribution in [3.05, 3.63) is 69.3 Å². The second-order valence-electron chi connectivity index (χ2n) is 4.92. The monoisotopic (exact) mass is 360 g/mol. The van der Waals surface area contributed by atoms with Gasteiger partial charge in [-0.3, -0.25) is 4.98 Å². The minimum Gasteiger partial charge on any atom is -0.380 e. The zero-order valence-electron chi connectivity index (χ0n) is 11.5. The van der Waals surface area contributed by atoms with E-state index in [2.05, 4.69) is 38.4 Å². The van der Waals surface area contributed by atoms with Gasteiger partial charge < -0.3 is 5.32 Å². The van der Waals surface area contributed by atoms with Gasteiger partial charge in [0.25, 0.3) is 0 Å². The summed E-state index contributed by atoms with van der Waals surface area (Å²) in [6.45, 7) is 2.74. The van der Waals surface area contributed by atoms with Crippen LogP contribution in [0.4, 0.5) is 5.69 Å². The number of hydrogen-bond acceptors (Lipinski definition) is 2. The molecule has 106 valence electrons. The van der Waals surface area contributed by atoms with Crippen molar-refractivity contribution in [2.75, 3.05) is 5.32 Å². The molecule has 2 aromatic carbocycles. The van der Waals surface area contributed by atoms with Gasteiger partial charge in [-0.25, -0.2) is 0 Å². The first-order valence-corrected chi connectivity index (χ1v) is 7.85. The number of rotatable bonds is 3. The average molecular weight is 362 g/mol. The number of benzene rings is 2. The molecule has 0 saturated carbocycles. The van der Waals surface area contributed by atoms with Gasteiger partial charge in [0.05, 0.1) is 11.2 Å². The minimum atomic E-state index is 0.719. The SMILES string of the molecule is Cc1cc(CNc2cc(Cl)ccc2Br)c2ccccc2n1. The summed E-state index contributed by atoms with van der Waals surface area (Å²) in [6.07, 6.45) is 0. The van der Waals surface area contributed by atoms with Crippen molar-refractivity contribution in [3.63, 3.8) is 0 Å². The molecular weight excluding hydrogens is 348 g/mol. The van der Waals surface area contributed by atoms with E-state index in [1.165, 1.54) is 10.9 Å². The van der Waals surface area contributed by atoms with Crippen LogP contribution in [0.25, 0.3) is 10.9 Å². The third-order valence-electron chi connectivity index (χ3n) is 3.33. The second-order valence-corrected chi connectivity index (χ2v) is 6.21. The molecule has 0 spiro atoms. The van der Waals surface area contributed by atoms with Gasteiger partial charge in [-0.15, -0.1) is 0 Å². The lowest BCUT2D eigenvalue weighted by atomic mass is 10.1. The molecule has 0 aliphatic heterocycles. The Labute approximate surface area is 137 Å². The molecule has 0 unspecified atom stereocenters. The summed E-state index contributed by atoms with van der Waals surface area (Å²) in [5.41, 5.74) is 4.26. The molecule has 3 aromatic rings. The maximum atomic E-state index is 6.05. The van der Waals surface area contributed by atoms with E-state index in [9.17, 15) is 0 Å². The Morgan fingerprint density at radius 1 is 1.14 bits per heavy atom. The Hall–Kier alpha value is -1.58. The summed E-state index contributed by atoms with van der Waals surface area (Å²) in [5.74, 6) is 0. The maximum Gasteiger partial charge on any atom is 0.0708 e. The summed E-state index contributed by atoms with van der Waals surface area (Å²) >= 11 is 9.58. The number of pyridine rings is 1. The van der Waals surface area contributed by atoms with Gasteiger partial charge in [-0.2, -0.15) is 0 Å². The van der Waals surface area contributed by atoms with E-state index in [4.69, 9.17) is 11.6 Å². The Morgan fingerprint density at radius 2 is 1.95 bits per heavy atom. The van der Waals surface area contributed by atoms with Crippen molar-refractivity contribution in [2.45, 2.75) is 13.5 Å². The summed E-state index contributed by atoms with van der Waals surface area (Å²) in [5, 5.41) is 5.32. The molecule has 4 heteroatoms. The first-order chi connectivity index (χ1) is 10.1. The van der Waals surface area contributed by atoms with Crippen molar-refractivity contribution in [1.29, 1.82) is 0 Å². The molecule has 1 aromatic heterocycles. The highest BCUT2D eigenvalue weighted by Crippen LogP contribution is 2.27. The quantitative estimate of drug-likeness (QED) is 0.659. The van der Waals surface area contributed by atoms with Gasteiger partial charge in [0, 0.05) is 27.1 Å². The molecule has 21 heavy (non-hydrogen) atoms. The first kappa shape index (κ1) is 14.4. The number of hydrogen-bond donors (Lipinski definition) is 1. The Balaban J connectivity index is 1.93. The van der Waals surface area contributed by atoms with Gasteiger partial charge in [0.2, 0.25) is 0 Å². The van der Waals surface area contributed by atoms with Crippen LogP contribution >= 0.6 is 27.5 Å². The van der Waals surface area contributed by atoms with Crippen molar-refractivity contribution in [1.82, 2.24) is 4.98 Å². The van der Waals surface area contributed by atoms with E-state index in [1.54, 1.807) is 0 Å². The fourth-order valence-electron chi connectivity index (χ4n) is 2.36. The number of para-hydroxylation sites is 1.